The molecule has 28 heavy (non-hydrogen) atoms. The molecular weight excluding hydrogens is 358 g/mol. The van der Waals surface area contributed by atoms with E-state index in [-0.39, 0.29) is 11.8 Å². The van der Waals surface area contributed by atoms with E-state index < -0.39 is 0 Å². The molecule has 1 atom stereocenters. The second kappa shape index (κ2) is 20.6. The van der Waals surface area contributed by atoms with Gasteiger partial charge in [0.2, 0.25) is 5.91 Å². The molecule has 0 aromatic carbocycles. The average molecular weight is 400 g/mol. The van der Waals surface area contributed by atoms with E-state index in [4.69, 9.17) is 18.9 Å². The molecule has 0 aromatic heterocycles. The highest BCUT2D eigenvalue weighted by atomic mass is 16.6. The van der Waals surface area contributed by atoms with E-state index in [9.17, 15) is 4.79 Å². The number of nitrogens with one attached hydrogen (secondary N) is 1. The molecule has 6 heteroatoms. The van der Waals surface area contributed by atoms with Gasteiger partial charge in [-0.2, -0.15) is 0 Å². The highest BCUT2D eigenvalue weighted by Crippen LogP contribution is 2.03. The molecule has 6 nitrogen and oxygen atoms in total. The fourth-order valence-corrected chi connectivity index (χ4v) is 2.29. The molecule has 0 saturated carbocycles. The van der Waals surface area contributed by atoms with Crippen LogP contribution in [0.2, 0.25) is 0 Å². The standard InChI is InChI=1S/C22H41NO5/c1-5-9-21(4)22(24)23-11-13-26-15-17-28-19-18-27-16-14-25-12-8-6-7-10-20(2)3/h20-21H,5-6,8-9,11-19H2,1-4H3,(H,23,24). The number of amides is 1. The summed E-state index contributed by atoms with van der Waals surface area (Å²) in [6, 6.07) is 0. The normalized spacial score (nSPS) is 11.9. The average Bonchev–Trinajstić information content (AvgIpc) is 2.66. The number of ether oxygens (including phenoxy) is 4. The summed E-state index contributed by atoms with van der Waals surface area (Å²) in [5, 5.41) is 2.88. The van der Waals surface area contributed by atoms with E-state index in [0.29, 0.717) is 58.7 Å². The van der Waals surface area contributed by atoms with Crippen molar-refractivity contribution in [3.63, 3.8) is 0 Å². The largest absolute Gasteiger partial charge is 0.379 e. The Morgan fingerprint density at radius 3 is 1.93 bits per heavy atom. The van der Waals surface area contributed by atoms with Crippen LogP contribution in [0.1, 0.15) is 53.4 Å². The third kappa shape index (κ3) is 19.6. The summed E-state index contributed by atoms with van der Waals surface area (Å²) in [5.41, 5.74) is 0. The van der Waals surface area contributed by atoms with Gasteiger partial charge in [-0.25, -0.2) is 0 Å². The van der Waals surface area contributed by atoms with Crippen molar-refractivity contribution < 1.29 is 23.7 Å². The summed E-state index contributed by atoms with van der Waals surface area (Å²) in [6.45, 7) is 13.3. The minimum Gasteiger partial charge on any atom is -0.379 e. The van der Waals surface area contributed by atoms with Crippen LogP contribution in [0.3, 0.4) is 0 Å². The van der Waals surface area contributed by atoms with Crippen LogP contribution >= 0.6 is 0 Å². The third-order valence-corrected chi connectivity index (χ3v) is 3.81. The molecule has 0 aliphatic heterocycles. The molecule has 0 fully saturated rings. The fraction of sp³-hybridized carbons (Fsp3) is 0.864. The molecule has 0 bridgehead atoms. The first-order chi connectivity index (χ1) is 13.6. The topological polar surface area (TPSA) is 66.0 Å². The molecule has 0 aliphatic carbocycles. The van der Waals surface area contributed by atoms with Gasteiger partial charge in [0.25, 0.3) is 0 Å². The van der Waals surface area contributed by atoms with E-state index in [1.54, 1.807) is 0 Å². The Morgan fingerprint density at radius 1 is 0.857 bits per heavy atom. The lowest BCUT2D eigenvalue weighted by Crippen LogP contribution is -2.32. The molecule has 0 rings (SSSR count). The molecule has 0 radical (unpaired) electrons. The number of hydrogen-bond donors (Lipinski definition) is 1. The van der Waals surface area contributed by atoms with E-state index in [1.807, 2.05) is 6.92 Å². The van der Waals surface area contributed by atoms with Gasteiger partial charge in [-0.3, -0.25) is 4.79 Å². The van der Waals surface area contributed by atoms with Gasteiger partial charge in [-0.1, -0.05) is 34.1 Å². The Hall–Kier alpha value is -1.13. The first-order valence-corrected chi connectivity index (χ1v) is 10.6. The van der Waals surface area contributed by atoms with Crippen LogP contribution in [-0.4, -0.2) is 65.3 Å². The van der Waals surface area contributed by atoms with Crippen molar-refractivity contribution in [2.24, 2.45) is 11.8 Å². The summed E-state index contributed by atoms with van der Waals surface area (Å²) in [5.74, 6) is 6.89. The third-order valence-electron chi connectivity index (χ3n) is 3.81. The van der Waals surface area contributed by atoms with Gasteiger partial charge in [0.1, 0.15) is 0 Å². The Bertz CT molecular complexity index is 417. The second-order valence-electron chi connectivity index (χ2n) is 7.01. The summed E-state index contributed by atoms with van der Waals surface area (Å²) >= 11 is 0. The molecule has 164 valence electrons. The first kappa shape index (κ1) is 26.9. The van der Waals surface area contributed by atoms with Gasteiger partial charge in [0.05, 0.1) is 46.2 Å². The van der Waals surface area contributed by atoms with Gasteiger partial charge in [-0.05, 0) is 12.8 Å². The highest BCUT2D eigenvalue weighted by Gasteiger charge is 2.10. The lowest BCUT2D eigenvalue weighted by Gasteiger charge is -2.11. The van der Waals surface area contributed by atoms with Crippen LogP contribution in [0.15, 0.2) is 0 Å². The Morgan fingerprint density at radius 2 is 1.39 bits per heavy atom. The SMILES string of the molecule is CCCC(C)C(=O)NCCOCCOCCOCCOCCCC#CC(C)C. The van der Waals surface area contributed by atoms with Gasteiger partial charge in [-0.15, -0.1) is 11.8 Å². The summed E-state index contributed by atoms with van der Waals surface area (Å²) in [4.78, 5) is 11.7. The monoisotopic (exact) mass is 399 g/mol. The Balaban J connectivity index is 3.18. The van der Waals surface area contributed by atoms with Gasteiger partial charge in [0, 0.05) is 31.4 Å². The summed E-state index contributed by atoms with van der Waals surface area (Å²) in [6.07, 6.45) is 3.79. The van der Waals surface area contributed by atoms with Crippen molar-refractivity contribution >= 4 is 5.91 Å². The van der Waals surface area contributed by atoms with Crippen molar-refractivity contribution in [2.75, 3.05) is 59.4 Å². The quantitative estimate of drug-likeness (QED) is 0.283. The second-order valence-corrected chi connectivity index (χ2v) is 7.01. The van der Waals surface area contributed by atoms with Crippen molar-refractivity contribution in [3.05, 3.63) is 0 Å². The van der Waals surface area contributed by atoms with E-state index in [0.717, 1.165) is 32.3 Å². The van der Waals surface area contributed by atoms with Crippen LogP contribution in [0.25, 0.3) is 0 Å². The van der Waals surface area contributed by atoms with Crippen molar-refractivity contribution in [3.8, 4) is 11.8 Å². The van der Waals surface area contributed by atoms with Crippen LogP contribution < -0.4 is 5.32 Å². The maximum atomic E-state index is 11.7. The number of rotatable bonds is 18. The Labute approximate surface area is 172 Å². The predicted molar refractivity (Wildman–Crippen MR) is 112 cm³/mol. The lowest BCUT2D eigenvalue weighted by atomic mass is 10.1. The van der Waals surface area contributed by atoms with Crippen molar-refractivity contribution in [2.45, 2.75) is 53.4 Å². The maximum Gasteiger partial charge on any atom is 0.222 e. The van der Waals surface area contributed by atoms with Crippen molar-refractivity contribution in [1.82, 2.24) is 5.32 Å². The molecule has 0 heterocycles. The molecule has 1 N–H and O–H groups in total. The number of hydrogen-bond acceptors (Lipinski definition) is 5. The van der Waals surface area contributed by atoms with Gasteiger partial charge < -0.3 is 24.3 Å². The smallest absolute Gasteiger partial charge is 0.222 e. The van der Waals surface area contributed by atoms with Crippen LogP contribution in [0, 0.1) is 23.7 Å². The zero-order valence-corrected chi connectivity index (χ0v) is 18.4. The molecular formula is C22H41NO5. The minimum absolute atomic E-state index is 0.0720. The maximum absolute atomic E-state index is 11.7. The zero-order chi connectivity index (χ0) is 20.9. The number of carbonyl (C=O) groups is 1. The van der Waals surface area contributed by atoms with Gasteiger partial charge >= 0.3 is 0 Å². The molecule has 0 aromatic rings. The number of carbonyl (C=O) groups excluding carboxylic acids is 1. The Kier molecular flexibility index (Phi) is 19.8. The molecule has 0 aliphatic rings. The predicted octanol–water partition coefficient (Wildman–Crippen LogP) is 3.04. The molecule has 0 saturated heterocycles. The summed E-state index contributed by atoms with van der Waals surface area (Å²) < 4.78 is 21.8. The summed E-state index contributed by atoms with van der Waals surface area (Å²) in [7, 11) is 0. The van der Waals surface area contributed by atoms with Crippen LogP contribution in [0.5, 0.6) is 0 Å². The fourth-order valence-electron chi connectivity index (χ4n) is 2.29. The van der Waals surface area contributed by atoms with E-state index >= 15 is 0 Å². The molecule has 1 unspecified atom stereocenters. The van der Waals surface area contributed by atoms with Crippen LogP contribution in [-0.2, 0) is 23.7 Å². The number of unbranched alkanes of at least 4 members (excludes halogenated alkanes) is 1. The molecule has 0 spiro atoms. The lowest BCUT2D eigenvalue weighted by molar-refractivity contribution is -0.124. The van der Waals surface area contributed by atoms with Gasteiger partial charge in [0.15, 0.2) is 0 Å². The highest BCUT2D eigenvalue weighted by molar-refractivity contribution is 5.78. The zero-order valence-electron chi connectivity index (χ0n) is 18.4. The van der Waals surface area contributed by atoms with E-state index in [2.05, 4.69) is 37.9 Å². The van der Waals surface area contributed by atoms with Crippen molar-refractivity contribution in [1.29, 1.82) is 0 Å². The molecule has 1 amide bonds. The first-order valence-electron chi connectivity index (χ1n) is 10.6. The van der Waals surface area contributed by atoms with Crippen LogP contribution in [0.4, 0.5) is 0 Å². The minimum atomic E-state index is 0.0720. The van der Waals surface area contributed by atoms with E-state index in [1.165, 1.54) is 0 Å².